The van der Waals surface area contributed by atoms with Crippen molar-refractivity contribution in [1.29, 1.82) is 0 Å². The predicted octanol–water partition coefficient (Wildman–Crippen LogP) is 7.05. The molecular formula is C30H24ClF5N4O4. The van der Waals surface area contributed by atoms with Crippen LogP contribution in [0.1, 0.15) is 40.7 Å². The summed E-state index contributed by atoms with van der Waals surface area (Å²) in [4.78, 5) is 13.2. The molecule has 0 saturated carbocycles. The van der Waals surface area contributed by atoms with Crippen LogP contribution >= 0.6 is 11.6 Å². The Labute approximate surface area is 252 Å². The molecule has 230 valence electrons. The summed E-state index contributed by atoms with van der Waals surface area (Å²) in [5, 5.41) is 6.82. The summed E-state index contributed by atoms with van der Waals surface area (Å²) in [5.41, 5.74) is 4.74. The molecule has 14 heteroatoms. The monoisotopic (exact) mass is 634 g/mol. The van der Waals surface area contributed by atoms with Crippen LogP contribution in [0.2, 0.25) is 5.02 Å². The van der Waals surface area contributed by atoms with Gasteiger partial charge in [-0.1, -0.05) is 23.4 Å². The van der Waals surface area contributed by atoms with Crippen molar-refractivity contribution in [3.63, 3.8) is 0 Å². The van der Waals surface area contributed by atoms with Gasteiger partial charge in [0.05, 0.1) is 32.7 Å². The quantitative estimate of drug-likeness (QED) is 0.174. The Kier molecular flexibility index (Phi) is 8.96. The lowest BCUT2D eigenvalue weighted by molar-refractivity contribution is -0.154. The van der Waals surface area contributed by atoms with Crippen LogP contribution in [-0.4, -0.2) is 35.2 Å². The molecule has 1 atom stereocenters. The van der Waals surface area contributed by atoms with E-state index in [0.29, 0.717) is 24.3 Å². The summed E-state index contributed by atoms with van der Waals surface area (Å²) >= 11 is 6.23. The number of aromatic nitrogens is 2. The number of amides is 1. The maximum Gasteiger partial charge on any atom is 0.416 e. The van der Waals surface area contributed by atoms with E-state index in [1.807, 2.05) is 0 Å². The van der Waals surface area contributed by atoms with Crippen LogP contribution in [0.25, 0.3) is 10.9 Å². The lowest BCUT2D eigenvalue weighted by atomic mass is 10.1. The molecule has 44 heavy (non-hydrogen) atoms. The number of carbonyl (C=O) groups is 1. The minimum atomic E-state index is -4.91. The van der Waals surface area contributed by atoms with E-state index in [4.69, 9.17) is 31.5 Å². The van der Waals surface area contributed by atoms with Crippen LogP contribution in [0.15, 0.2) is 42.5 Å². The van der Waals surface area contributed by atoms with E-state index in [-0.39, 0.29) is 57.9 Å². The number of nitrogens with one attached hydrogen (secondary N) is 1. The molecule has 1 amide bonds. The third-order valence-corrected chi connectivity index (χ3v) is 6.95. The molecule has 2 heterocycles. The van der Waals surface area contributed by atoms with Crippen LogP contribution in [0.3, 0.4) is 0 Å². The van der Waals surface area contributed by atoms with Crippen molar-refractivity contribution in [2.75, 3.05) is 24.3 Å². The fraction of sp³-hybridized carbons (Fsp3) is 0.267. The third kappa shape index (κ3) is 6.88. The number of anilines is 2. The largest absolute Gasteiger partial charge is 0.453 e. The number of benzene rings is 3. The van der Waals surface area contributed by atoms with Crippen molar-refractivity contribution in [3.8, 4) is 23.3 Å². The fourth-order valence-electron chi connectivity index (χ4n) is 4.64. The van der Waals surface area contributed by atoms with Gasteiger partial charge in [-0.2, -0.15) is 18.3 Å². The molecule has 1 fully saturated rings. The molecule has 8 nitrogen and oxygen atoms in total. The van der Waals surface area contributed by atoms with E-state index in [9.17, 15) is 26.7 Å². The van der Waals surface area contributed by atoms with Crippen molar-refractivity contribution in [2.24, 2.45) is 7.05 Å². The minimum Gasteiger partial charge on any atom is -0.453 e. The molecule has 1 unspecified atom stereocenters. The maximum atomic E-state index is 14.1. The minimum absolute atomic E-state index is 0.00183. The number of aryl methyl sites for hydroxylation is 1. The number of rotatable bonds is 6. The number of halogens is 6. The van der Waals surface area contributed by atoms with Gasteiger partial charge in [0.25, 0.3) is 5.91 Å². The molecule has 0 radical (unpaired) electrons. The van der Waals surface area contributed by atoms with Crippen LogP contribution in [0.4, 0.5) is 33.5 Å². The first kappa shape index (κ1) is 31.1. The molecule has 0 bridgehead atoms. The number of hydrogen-bond acceptors (Lipinski definition) is 6. The van der Waals surface area contributed by atoms with Gasteiger partial charge in [0, 0.05) is 25.3 Å². The van der Waals surface area contributed by atoms with Gasteiger partial charge in [-0.15, -0.1) is 0 Å². The number of nitrogen functional groups attached to an aromatic ring is 1. The molecule has 1 aliphatic heterocycles. The summed E-state index contributed by atoms with van der Waals surface area (Å²) in [5.74, 6) is 2.37. The molecule has 3 N–H and O–H groups in total. The zero-order chi connectivity index (χ0) is 31.6. The maximum absolute atomic E-state index is 14.1. The van der Waals surface area contributed by atoms with Gasteiger partial charge >= 0.3 is 6.18 Å². The second-order valence-electron chi connectivity index (χ2n) is 9.80. The van der Waals surface area contributed by atoms with Crippen LogP contribution in [-0.2, 0) is 22.7 Å². The van der Waals surface area contributed by atoms with Crippen molar-refractivity contribution in [2.45, 2.75) is 31.7 Å². The Morgan fingerprint density at radius 1 is 1.18 bits per heavy atom. The van der Waals surface area contributed by atoms with E-state index >= 15 is 0 Å². The van der Waals surface area contributed by atoms with Gasteiger partial charge in [0.2, 0.25) is 0 Å². The number of carbonyl (C=O) groups excluding carboxylic acids is 1. The molecule has 0 spiro atoms. The van der Waals surface area contributed by atoms with E-state index in [1.54, 1.807) is 7.05 Å². The normalized spacial score (nSPS) is 15.1. The van der Waals surface area contributed by atoms with Gasteiger partial charge in [-0.05, 0) is 55.7 Å². The highest BCUT2D eigenvalue weighted by molar-refractivity contribution is 6.32. The number of nitrogens with two attached hydrogens (primary N) is 1. The molecule has 3 aromatic carbocycles. The van der Waals surface area contributed by atoms with Crippen molar-refractivity contribution in [1.82, 2.24) is 9.78 Å². The summed E-state index contributed by atoms with van der Waals surface area (Å²) in [6, 6.07) is 6.14. The van der Waals surface area contributed by atoms with E-state index < -0.39 is 34.8 Å². The van der Waals surface area contributed by atoms with Crippen molar-refractivity contribution >= 4 is 39.9 Å². The standard InChI is InChI=1S/C30H24ClF5N4O4/c1-40-26-16(5-4-10-43-24-6-2-3-9-42-24)13-22(38-29(41)17-11-18(30(34,35)36)14-20(33)12-17)27(25(26)28(37)39-40)44-23-15-19(32)7-8-21(23)31/h7-8,11-15,24H,2-3,6,9-10H2,1H3,(H2,37,39)(H,38,41). The lowest BCUT2D eigenvalue weighted by Gasteiger charge is -2.21. The first-order chi connectivity index (χ1) is 20.9. The van der Waals surface area contributed by atoms with Crippen molar-refractivity contribution in [3.05, 3.63) is 75.8 Å². The smallest absolute Gasteiger partial charge is 0.416 e. The highest BCUT2D eigenvalue weighted by Crippen LogP contribution is 2.43. The van der Waals surface area contributed by atoms with E-state index in [2.05, 4.69) is 22.3 Å². The Bertz CT molecular complexity index is 1790. The topological polar surface area (TPSA) is 101 Å². The zero-order valence-electron chi connectivity index (χ0n) is 23.0. The molecule has 1 aromatic heterocycles. The average molecular weight is 635 g/mol. The van der Waals surface area contributed by atoms with Gasteiger partial charge in [0.1, 0.15) is 24.0 Å². The summed E-state index contributed by atoms with van der Waals surface area (Å²) in [6.07, 6.45) is -2.66. The zero-order valence-corrected chi connectivity index (χ0v) is 23.8. The van der Waals surface area contributed by atoms with Crippen molar-refractivity contribution < 1.29 is 41.0 Å². The number of nitrogens with zero attached hydrogens (tertiary/aromatic N) is 2. The van der Waals surface area contributed by atoms with E-state index in [1.165, 1.54) is 16.8 Å². The van der Waals surface area contributed by atoms with Crippen LogP contribution in [0.5, 0.6) is 11.5 Å². The number of fused-ring (bicyclic) bond motifs is 1. The molecular weight excluding hydrogens is 611 g/mol. The summed E-state index contributed by atoms with van der Waals surface area (Å²) in [6.45, 7) is 0.588. The number of alkyl halides is 3. The Balaban J connectivity index is 1.60. The first-order valence-electron chi connectivity index (χ1n) is 13.2. The summed E-state index contributed by atoms with van der Waals surface area (Å²) < 4.78 is 86.8. The summed E-state index contributed by atoms with van der Waals surface area (Å²) in [7, 11) is 1.58. The van der Waals surface area contributed by atoms with Crippen LogP contribution in [0, 0.1) is 23.5 Å². The van der Waals surface area contributed by atoms with Gasteiger partial charge < -0.3 is 25.3 Å². The second kappa shape index (κ2) is 12.7. The molecule has 4 aromatic rings. The highest BCUT2D eigenvalue weighted by Gasteiger charge is 2.32. The SMILES string of the molecule is Cn1nc(N)c2c(Oc3cc(F)ccc3Cl)c(NC(=O)c3cc(F)cc(C(F)(F)F)c3)cc(C#CCOC3CCCCO3)c21. The Morgan fingerprint density at radius 2 is 1.98 bits per heavy atom. The van der Waals surface area contributed by atoms with E-state index in [0.717, 1.165) is 31.4 Å². The molecule has 1 saturated heterocycles. The third-order valence-electron chi connectivity index (χ3n) is 6.63. The van der Waals surface area contributed by atoms with Gasteiger partial charge in [-0.25, -0.2) is 8.78 Å². The Hall–Kier alpha value is -4.38. The van der Waals surface area contributed by atoms with Crippen LogP contribution < -0.4 is 15.8 Å². The van der Waals surface area contributed by atoms with Gasteiger partial charge in [0.15, 0.2) is 17.9 Å². The fourth-order valence-corrected chi connectivity index (χ4v) is 4.79. The number of hydrogen-bond donors (Lipinski definition) is 2. The average Bonchev–Trinajstić information content (AvgIpc) is 3.27. The predicted molar refractivity (Wildman–Crippen MR) is 152 cm³/mol. The molecule has 0 aliphatic carbocycles. The second-order valence-corrected chi connectivity index (χ2v) is 10.2. The molecule has 5 rings (SSSR count). The Morgan fingerprint density at radius 3 is 2.70 bits per heavy atom. The lowest BCUT2D eigenvalue weighted by Crippen LogP contribution is -2.22. The molecule has 1 aliphatic rings. The highest BCUT2D eigenvalue weighted by atomic mass is 35.5. The van der Waals surface area contributed by atoms with Gasteiger partial charge in [-0.3, -0.25) is 9.48 Å². The number of ether oxygens (including phenoxy) is 3. The first-order valence-corrected chi connectivity index (χ1v) is 13.6.